The molecule has 0 amide bonds. The second kappa shape index (κ2) is 5.64. The zero-order valence-corrected chi connectivity index (χ0v) is 13.0. The van der Waals surface area contributed by atoms with Gasteiger partial charge in [-0.3, -0.25) is 4.79 Å². The lowest BCUT2D eigenvalue weighted by atomic mass is 10.1. The summed E-state index contributed by atoms with van der Waals surface area (Å²) in [6.07, 6.45) is 1.90. The molecular formula is C18H18N2O2. The smallest absolute Gasteiger partial charge is 0.182 e. The van der Waals surface area contributed by atoms with Gasteiger partial charge in [0.1, 0.15) is 11.6 Å². The molecule has 3 rings (SSSR count). The average Bonchev–Trinajstić information content (AvgIpc) is 2.84. The number of fused-ring (bicyclic) bond motifs is 1. The fourth-order valence-electron chi connectivity index (χ4n) is 2.55. The minimum absolute atomic E-state index is 0.0541. The van der Waals surface area contributed by atoms with Gasteiger partial charge in [-0.15, -0.1) is 0 Å². The van der Waals surface area contributed by atoms with Crippen LogP contribution < -0.4 is 4.74 Å². The van der Waals surface area contributed by atoms with Crippen LogP contribution >= 0.6 is 0 Å². The molecule has 112 valence electrons. The molecule has 0 saturated heterocycles. The van der Waals surface area contributed by atoms with E-state index >= 15 is 0 Å². The number of hydrogen-bond acceptors (Lipinski definition) is 3. The van der Waals surface area contributed by atoms with Crippen LogP contribution in [0, 0.1) is 13.8 Å². The molecule has 22 heavy (non-hydrogen) atoms. The molecule has 0 saturated carbocycles. The normalized spacial score (nSPS) is 10.9. The van der Waals surface area contributed by atoms with Crippen LogP contribution in [0.2, 0.25) is 0 Å². The zero-order chi connectivity index (χ0) is 15.7. The molecule has 0 aromatic heterocycles. The Balaban J connectivity index is 1.88. The Kier molecular flexibility index (Phi) is 3.67. The van der Waals surface area contributed by atoms with Crippen molar-refractivity contribution < 1.29 is 9.53 Å². The summed E-state index contributed by atoms with van der Waals surface area (Å²) in [6, 6.07) is 11.2. The van der Waals surface area contributed by atoms with Gasteiger partial charge in [0.25, 0.3) is 0 Å². The lowest BCUT2D eigenvalue weighted by Crippen LogP contribution is -2.12. The Hall–Kier alpha value is -2.62. The van der Waals surface area contributed by atoms with Gasteiger partial charge in [-0.1, -0.05) is 0 Å². The Bertz CT molecular complexity index is 788. The van der Waals surface area contributed by atoms with E-state index in [1.165, 1.54) is 5.56 Å². The second-order valence-corrected chi connectivity index (χ2v) is 5.35. The van der Waals surface area contributed by atoms with Crippen molar-refractivity contribution in [3.8, 4) is 17.1 Å². The van der Waals surface area contributed by atoms with Crippen LogP contribution in [0.1, 0.15) is 21.6 Å². The molecule has 4 heteroatoms. The summed E-state index contributed by atoms with van der Waals surface area (Å²) in [7, 11) is 1.61. The molecule has 2 heterocycles. The third kappa shape index (κ3) is 2.48. The van der Waals surface area contributed by atoms with E-state index in [1.54, 1.807) is 31.4 Å². The van der Waals surface area contributed by atoms with E-state index in [9.17, 15) is 4.79 Å². The molecule has 1 aromatic carbocycles. The number of carbonyl (C=O) groups excluding carboxylic acids is 1. The van der Waals surface area contributed by atoms with Gasteiger partial charge >= 0.3 is 0 Å². The topological polar surface area (TPSA) is 44.1 Å². The van der Waals surface area contributed by atoms with E-state index in [4.69, 9.17) is 4.74 Å². The van der Waals surface area contributed by atoms with Crippen molar-refractivity contribution in [1.82, 2.24) is 9.55 Å². The van der Waals surface area contributed by atoms with E-state index < -0.39 is 0 Å². The van der Waals surface area contributed by atoms with Crippen LogP contribution in [0.25, 0.3) is 11.4 Å². The Morgan fingerprint density at radius 2 is 1.91 bits per heavy atom. The number of ketones is 1. The van der Waals surface area contributed by atoms with E-state index in [0.717, 1.165) is 22.8 Å². The summed E-state index contributed by atoms with van der Waals surface area (Å²) in [5.74, 6) is 1.66. The molecule has 0 fully saturated rings. The van der Waals surface area contributed by atoms with Crippen molar-refractivity contribution >= 4 is 5.78 Å². The SMILES string of the molecule is COc1ccc(C(=O)Cn2cccc3c(C)c(C)nc2-3)cc1. The molecule has 0 bridgehead atoms. The van der Waals surface area contributed by atoms with Crippen molar-refractivity contribution in [3.63, 3.8) is 0 Å². The van der Waals surface area contributed by atoms with Crippen molar-refractivity contribution in [3.05, 3.63) is 59.4 Å². The van der Waals surface area contributed by atoms with Gasteiger partial charge in [0.2, 0.25) is 0 Å². The summed E-state index contributed by atoms with van der Waals surface area (Å²) in [6.45, 7) is 4.32. The number of nitrogens with zero attached hydrogens (tertiary/aromatic N) is 2. The van der Waals surface area contributed by atoms with Gasteiger partial charge in [-0.05, 0) is 55.8 Å². The van der Waals surface area contributed by atoms with Crippen molar-refractivity contribution in [1.29, 1.82) is 0 Å². The number of aromatic nitrogens is 2. The highest BCUT2D eigenvalue weighted by atomic mass is 16.5. The van der Waals surface area contributed by atoms with Crippen molar-refractivity contribution in [2.24, 2.45) is 0 Å². The fourth-order valence-corrected chi connectivity index (χ4v) is 2.55. The van der Waals surface area contributed by atoms with Gasteiger partial charge < -0.3 is 9.30 Å². The average molecular weight is 294 g/mol. The number of rotatable bonds is 4. The molecule has 0 atom stereocenters. The van der Waals surface area contributed by atoms with Crippen LogP contribution in [0.5, 0.6) is 5.75 Å². The van der Waals surface area contributed by atoms with Gasteiger partial charge in [0, 0.05) is 23.0 Å². The number of methoxy groups -OCH3 is 1. The number of ether oxygens (including phenoxy) is 1. The van der Waals surface area contributed by atoms with Gasteiger partial charge in [-0.25, -0.2) is 4.98 Å². The highest BCUT2D eigenvalue weighted by molar-refractivity contribution is 5.96. The third-order valence-electron chi connectivity index (χ3n) is 3.99. The first kappa shape index (κ1) is 14.3. The maximum Gasteiger partial charge on any atom is 0.182 e. The minimum Gasteiger partial charge on any atom is -0.497 e. The van der Waals surface area contributed by atoms with Crippen LogP contribution in [-0.4, -0.2) is 22.4 Å². The summed E-state index contributed by atoms with van der Waals surface area (Å²) in [4.78, 5) is 17.0. The number of carbonyl (C=O) groups is 1. The summed E-state index contributed by atoms with van der Waals surface area (Å²) in [5, 5.41) is 0. The maximum atomic E-state index is 12.5. The number of Topliss-reactive ketones (excluding diaryl/α,β-unsaturated/α-hetero) is 1. The summed E-state index contributed by atoms with van der Waals surface area (Å²) < 4.78 is 7.02. The fraction of sp³-hybridized carbons (Fsp3) is 0.222. The highest BCUT2D eigenvalue weighted by Gasteiger charge is 2.16. The third-order valence-corrected chi connectivity index (χ3v) is 3.99. The summed E-state index contributed by atoms with van der Waals surface area (Å²) in [5.41, 5.74) is 3.95. The zero-order valence-electron chi connectivity index (χ0n) is 13.0. The minimum atomic E-state index is 0.0541. The van der Waals surface area contributed by atoms with Crippen LogP contribution in [0.15, 0.2) is 42.6 Å². The largest absolute Gasteiger partial charge is 0.497 e. The predicted octanol–water partition coefficient (Wildman–Crippen LogP) is 3.50. The van der Waals surface area contributed by atoms with E-state index in [2.05, 4.69) is 11.9 Å². The number of pyridine rings is 1. The molecule has 0 aliphatic carbocycles. The van der Waals surface area contributed by atoms with Crippen LogP contribution in [0.3, 0.4) is 0 Å². The van der Waals surface area contributed by atoms with Gasteiger partial charge in [0.05, 0.1) is 13.7 Å². The molecule has 0 N–H and O–H groups in total. The number of benzene rings is 1. The first-order chi connectivity index (χ1) is 10.6. The molecule has 0 unspecified atom stereocenters. The first-order valence-corrected chi connectivity index (χ1v) is 7.19. The first-order valence-electron chi connectivity index (χ1n) is 7.19. The Labute approximate surface area is 129 Å². The molecule has 2 aliphatic heterocycles. The highest BCUT2D eigenvalue weighted by Crippen LogP contribution is 2.27. The molecule has 0 radical (unpaired) electrons. The lowest BCUT2D eigenvalue weighted by molar-refractivity contribution is 0.0972. The van der Waals surface area contributed by atoms with E-state index in [0.29, 0.717) is 5.56 Å². The quantitative estimate of drug-likeness (QED) is 0.692. The second-order valence-electron chi connectivity index (χ2n) is 5.35. The molecule has 4 nitrogen and oxygen atoms in total. The number of aryl methyl sites for hydroxylation is 1. The molecule has 1 aromatic rings. The van der Waals surface area contributed by atoms with Crippen molar-refractivity contribution in [2.45, 2.75) is 20.4 Å². The standard InChI is InChI=1S/C18H18N2O2/c1-12-13(2)19-18-16(12)5-4-10-20(18)11-17(21)14-6-8-15(22-3)9-7-14/h4-10H,11H2,1-3H3. The lowest BCUT2D eigenvalue weighted by Gasteiger charge is -2.11. The van der Waals surface area contributed by atoms with Crippen molar-refractivity contribution in [2.75, 3.05) is 7.11 Å². The van der Waals surface area contributed by atoms with E-state index in [-0.39, 0.29) is 12.3 Å². The summed E-state index contributed by atoms with van der Waals surface area (Å²) >= 11 is 0. The Morgan fingerprint density at radius 3 is 2.59 bits per heavy atom. The van der Waals surface area contributed by atoms with E-state index in [1.807, 2.05) is 29.8 Å². The van der Waals surface area contributed by atoms with Gasteiger partial charge in [-0.2, -0.15) is 0 Å². The Morgan fingerprint density at radius 1 is 1.18 bits per heavy atom. The van der Waals surface area contributed by atoms with Gasteiger partial charge in [0.15, 0.2) is 5.78 Å². The maximum absolute atomic E-state index is 12.5. The van der Waals surface area contributed by atoms with Crippen LogP contribution in [0.4, 0.5) is 0 Å². The van der Waals surface area contributed by atoms with Crippen LogP contribution in [-0.2, 0) is 6.54 Å². The molecule has 2 aliphatic rings. The predicted molar refractivity (Wildman–Crippen MR) is 85.6 cm³/mol. The molecular weight excluding hydrogens is 276 g/mol. The number of hydrogen-bond donors (Lipinski definition) is 0. The molecule has 0 spiro atoms. The monoisotopic (exact) mass is 294 g/mol.